The predicted molar refractivity (Wildman–Crippen MR) is 85.2 cm³/mol. The summed E-state index contributed by atoms with van der Waals surface area (Å²) in [5.41, 5.74) is 3.32. The van der Waals surface area contributed by atoms with Crippen LogP contribution in [0.3, 0.4) is 0 Å². The standard InChI is InChI=1S/C16H22N4O/c1-3-8-17-11-13-12-21-16(18-13)20-10-9-19(2)14-6-4-5-7-15(14)20/h4-7,12,17H,3,8-11H2,1-2H3. The normalized spacial score (nSPS) is 14.4. The molecular formula is C16H22N4O. The molecule has 1 N–H and O–H groups in total. The Morgan fingerprint density at radius 3 is 2.86 bits per heavy atom. The third kappa shape index (κ3) is 2.88. The van der Waals surface area contributed by atoms with E-state index in [4.69, 9.17) is 4.42 Å². The molecule has 0 atom stereocenters. The van der Waals surface area contributed by atoms with Gasteiger partial charge in [0.15, 0.2) is 0 Å². The number of benzene rings is 1. The van der Waals surface area contributed by atoms with Crippen molar-refractivity contribution in [1.82, 2.24) is 10.3 Å². The Hall–Kier alpha value is -2.01. The molecule has 1 aromatic carbocycles. The van der Waals surface area contributed by atoms with Crippen molar-refractivity contribution in [2.24, 2.45) is 0 Å². The second kappa shape index (κ2) is 6.18. The summed E-state index contributed by atoms with van der Waals surface area (Å²) in [6.07, 6.45) is 2.87. The van der Waals surface area contributed by atoms with E-state index in [1.807, 2.05) is 0 Å². The van der Waals surface area contributed by atoms with Gasteiger partial charge >= 0.3 is 6.01 Å². The molecule has 0 fully saturated rings. The minimum atomic E-state index is 0.684. The zero-order chi connectivity index (χ0) is 14.7. The van der Waals surface area contributed by atoms with Crippen LogP contribution in [0.15, 0.2) is 34.9 Å². The highest BCUT2D eigenvalue weighted by atomic mass is 16.4. The zero-order valence-corrected chi connectivity index (χ0v) is 12.7. The molecule has 0 unspecified atom stereocenters. The molecule has 5 nitrogen and oxygen atoms in total. The first-order valence-corrected chi connectivity index (χ1v) is 7.52. The van der Waals surface area contributed by atoms with Gasteiger partial charge in [-0.05, 0) is 25.1 Å². The van der Waals surface area contributed by atoms with E-state index in [0.29, 0.717) is 6.01 Å². The van der Waals surface area contributed by atoms with Gasteiger partial charge < -0.3 is 14.6 Å². The molecule has 5 heteroatoms. The third-order valence-electron chi connectivity index (χ3n) is 3.75. The summed E-state index contributed by atoms with van der Waals surface area (Å²) in [5.74, 6) is 0. The molecule has 3 rings (SSSR count). The smallest absolute Gasteiger partial charge is 0.302 e. The van der Waals surface area contributed by atoms with Gasteiger partial charge in [0.1, 0.15) is 6.26 Å². The van der Waals surface area contributed by atoms with Gasteiger partial charge in [-0.15, -0.1) is 0 Å². The molecule has 2 aromatic rings. The van der Waals surface area contributed by atoms with Crippen LogP contribution in [0.1, 0.15) is 19.0 Å². The lowest BCUT2D eigenvalue weighted by Gasteiger charge is -2.34. The van der Waals surface area contributed by atoms with Crippen molar-refractivity contribution in [3.63, 3.8) is 0 Å². The van der Waals surface area contributed by atoms with Crippen molar-refractivity contribution in [1.29, 1.82) is 0 Å². The maximum absolute atomic E-state index is 5.68. The minimum absolute atomic E-state index is 0.684. The number of oxazole rings is 1. The van der Waals surface area contributed by atoms with Gasteiger partial charge in [0.25, 0.3) is 0 Å². The molecule has 112 valence electrons. The maximum Gasteiger partial charge on any atom is 0.302 e. The average molecular weight is 286 g/mol. The molecule has 1 aliphatic heterocycles. The molecule has 0 amide bonds. The number of hydrogen-bond acceptors (Lipinski definition) is 5. The van der Waals surface area contributed by atoms with Crippen LogP contribution in [0.2, 0.25) is 0 Å². The Labute approximate surface area is 125 Å². The lowest BCUT2D eigenvalue weighted by Crippen LogP contribution is -2.36. The van der Waals surface area contributed by atoms with Crippen molar-refractivity contribution in [2.45, 2.75) is 19.9 Å². The molecule has 0 saturated heterocycles. The topological polar surface area (TPSA) is 44.5 Å². The molecular weight excluding hydrogens is 264 g/mol. The zero-order valence-electron chi connectivity index (χ0n) is 12.7. The summed E-state index contributed by atoms with van der Waals surface area (Å²) >= 11 is 0. The maximum atomic E-state index is 5.68. The molecule has 1 aromatic heterocycles. The second-order valence-corrected chi connectivity index (χ2v) is 5.36. The molecule has 0 aliphatic carbocycles. The van der Waals surface area contributed by atoms with E-state index in [9.17, 15) is 0 Å². The molecule has 1 aliphatic rings. The highest BCUT2D eigenvalue weighted by molar-refractivity contribution is 5.76. The Morgan fingerprint density at radius 1 is 1.24 bits per heavy atom. The fraction of sp³-hybridized carbons (Fsp3) is 0.438. The molecule has 0 radical (unpaired) electrons. The minimum Gasteiger partial charge on any atom is -0.431 e. The number of para-hydroxylation sites is 2. The van der Waals surface area contributed by atoms with Crippen LogP contribution in [0, 0.1) is 0 Å². The second-order valence-electron chi connectivity index (χ2n) is 5.36. The van der Waals surface area contributed by atoms with Crippen LogP contribution in [0.5, 0.6) is 0 Å². The van der Waals surface area contributed by atoms with Crippen LogP contribution >= 0.6 is 0 Å². The first-order valence-electron chi connectivity index (χ1n) is 7.52. The first kappa shape index (κ1) is 13.9. The van der Waals surface area contributed by atoms with E-state index in [1.165, 1.54) is 5.69 Å². The number of anilines is 3. The van der Waals surface area contributed by atoms with Crippen molar-refractivity contribution < 1.29 is 4.42 Å². The van der Waals surface area contributed by atoms with Gasteiger partial charge in [-0.3, -0.25) is 4.90 Å². The van der Waals surface area contributed by atoms with Gasteiger partial charge in [0.2, 0.25) is 0 Å². The quantitative estimate of drug-likeness (QED) is 0.856. The summed E-state index contributed by atoms with van der Waals surface area (Å²) < 4.78 is 5.68. The summed E-state index contributed by atoms with van der Waals surface area (Å²) in [7, 11) is 2.12. The fourth-order valence-electron chi connectivity index (χ4n) is 2.60. The lowest BCUT2D eigenvalue weighted by atomic mass is 10.2. The number of fused-ring (bicyclic) bond motifs is 1. The van der Waals surface area contributed by atoms with Crippen LogP contribution in [-0.4, -0.2) is 31.7 Å². The number of rotatable bonds is 5. The largest absolute Gasteiger partial charge is 0.431 e. The highest BCUT2D eigenvalue weighted by Gasteiger charge is 2.24. The van der Waals surface area contributed by atoms with Crippen LogP contribution in [-0.2, 0) is 6.54 Å². The van der Waals surface area contributed by atoms with Crippen LogP contribution in [0.25, 0.3) is 0 Å². The molecule has 2 heterocycles. The Bertz CT molecular complexity index is 595. The van der Waals surface area contributed by atoms with E-state index in [-0.39, 0.29) is 0 Å². The van der Waals surface area contributed by atoms with Crippen LogP contribution < -0.4 is 15.1 Å². The first-order chi connectivity index (χ1) is 10.3. The van der Waals surface area contributed by atoms with Crippen molar-refractivity contribution >= 4 is 17.4 Å². The lowest BCUT2D eigenvalue weighted by molar-refractivity contribution is 0.547. The van der Waals surface area contributed by atoms with Crippen molar-refractivity contribution in [3.8, 4) is 0 Å². The Morgan fingerprint density at radius 2 is 2.05 bits per heavy atom. The van der Waals surface area contributed by atoms with Gasteiger partial charge in [0, 0.05) is 26.7 Å². The van der Waals surface area contributed by atoms with E-state index in [2.05, 4.69) is 58.3 Å². The average Bonchev–Trinajstić information content (AvgIpc) is 2.97. The van der Waals surface area contributed by atoms with E-state index >= 15 is 0 Å². The summed E-state index contributed by atoms with van der Waals surface area (Å²) in [6, 6.07) is 9.05. The SMILES string of the molecule is CCCNCc1coc(N2CCN(C)c3ccccc32)n1. The summed E-state index contributed by atoms with van der Waals surface area (Å²) in [6.45, 7) is 5.76. The monoisotopic (exact) mass is 286 g/mol. The number of aromatic nitrogens is 1. The molecule has 0 spiro atoms. The van der Waals surface area contributed by atoms with Crippen LogP contribution in [0.4, 0.5) is 17.4 Å². The van der Waals surface area contributed by atoms with Gasteiger partial charge in [0.05, 0.1) is 17.1 Å². The molecule has 0 bridgehead atoms. The number of nitrogens with zero attached hydrogens (tertiary/aromatic N) is 3. The van der Waals surface area contributed by atoms with E-state index < -0.39 is 0 Å². The summed E-state index contributed by atoms with van der Waals surface area (Å²) in [4.78, 5) is 9.02. The highest BCUT2D eigenvalue weighted by Crippen LogP contribution is 2.36. The van der Waals surface area contributed by atoms with E-state index in [1.54, 1.807) is 6.26 Å². The Balaban J connectivity index is 1.80. The Kier molecular flexibility index (Phi) is 4.10. The van der Waals surface area contributed by atoms with Gasteiger partial charge in [-0.2, -0.15) is 4.98 Å². The predicted octanol–water partition coefficient (Wildman–Crippen LogP) is 2.76. The van der Waals surface area contributed by atoms with Gasteiger partial charge in [-0.1, -0.05) is 19.1 Å². The number of hydrogen-bond donors (Lipinski definition) is 1. The third-order valence-corrected chi connectivity index (χ3v) is 3.75. The number of likely N-dealkylation sites (N-methyl/N-ethyl adjacent to an activating group) is 1. The van der Waals surface area contributed by atoms with E-state index in [0.717, 1.165) is 44.0 Å². The summed E-state index contributed by atoms with van der Waals surface area (Å²) in [5, 5.41) is 3.34. The van der Waals surface area contributed by atoms with Gasteiger partial charge in [-0.25, -0.2) is 0 Å². The number of nitrogens with one attached hydrogen (secondary N) is 1. The van der Waals surface area contributed by atoms with Crippen molar-refractivity contribution in [3.05, 3.63) is 36.2 Å². The molecule has 21 heavy (non-hydrogen) atoms. The molecule has 0 saturated carbocycles. The van der Waals surface area contributed by atoms with Crippen molar-refractivity contribution in [2.75, 3.05) is 36.5 Å². The fourth-order valence-corrected chi connectivity index (χ4v) is 2.60.